The van der Waals surface area contributed by atoms with Gasteiger partial charge in [-0.1, -0.05) is 0 Å². The number of halogens is 2. The van der Waals surface area contributed by atoms with Crippen molar-refractivity contribution in [3.8, 4) is 0 Å². The van der Waals surface area contributed by atoms with E-state index in [0.29, 0.717) is 5.88 Å². The number of thioether (sulfide) groups is 1. The second-order valence-corrected chi connectivity index (χ2v) is 3.44. The fourth-order valence-corrected chi connectivity index (χ4v) is 1.24. The van der Waals surface area contributed by atoms with E-state index in [9.17, 15) is 0 Å². The van der Waals surface area contributed by atoms with E-state index in [4.69, 9.17) is 23.2 Å². The minimum atomic E-state index is 0.170. The lowest BCUT2D eigenvalue weighted by atomic mass is 10.4. The molecule has 0 spiro atoms. The lowest BCUT2D eigenvalue weighted by molar-refractivity contribution is 0.913. The lowest BCUT2D eigenvalue weighted by Crippen LogP contribution is -2.00. The zero-order valence-electron chi connectivity index (χ0n) is 4.86. The van der Waals surface area contributed by atoms with Crippen molar-refractivity contribution in [2.45, 2.75) is 11.8 Å². The molecular weight excluding hydrogens is 163 g/mol. The van der Waals surface area contributed by atoms with E-state index in [1.807, 2.05) is 0 Å². The molecule has 0 N–H and O–H groups in total. The van der Waals surface area contributed by atoms with E-state index in [0.717, 1.165) is 12.2 Å². The maximum absolute atomic E-state index is 5.70. The van der Waals surface area contributed by atoms with Gasteiger partial charge in [-0.25, -0.2) is 0 Å². The first-order valence-electron chi connectivity index (χ1n) is 2.50. The fraction of sp³-hybridized carbons (Fsp3) is 1.00. The van der Waals surface area contributed by atoms with Gasteiger partial charge in [0.05, 0.1) is 0 Å². The summed E-state index contributed by atoms with van der Waals surface area (Å²) in [6.45, 7) is 0. The predicted molar refractivity (Wildman–Crippen MR) is 43.4 cm³/mol. The van der Waals surface area contributed by atoms with Crippen molar-refractivity contribution in [2.24, 2.45) is 0 Å². The van der Waals surface area contributed by atoms with Crippen LogP contribution in [0, 0.1) is 0 Å². The van der Waals surface area contributed by atoms with Crippen LogP contribution in [0.1, 0.15) is 6.42 Å². The van der Waals surface area contributed by atoms with Gasteiger partial charge in [0.25, 0.3) is 0 Å². The molecule has 3 heteroatoms. The highest BCUT2D eigenvalue weighted by Gasteiger charge is 1.99. The molecule has 0 aliphatic heterocycles. The van der Waals surface area contributed by atoms with E-state index in [1.165, 1.54) is 0 Å². The normalized spacial score (nSPS) is 13.9. The SMILES string of the molecule is CSCCC(Cl)CCl. The molecule has 50 valence electrons. The largest absolute Gasteiger partial charge is 0.165 e. The highest BCUT2D eigenvalue weighted by atomic mass is 35.5. The third kappa shape index (κ3) is 5.07. The Labute approximate surface area is 64.9 Å². The molecule has 0 rings (SSSR count). The van der Waals surface area contributed by atoms with Gasteiger partial charge in [0.1, 0.15) is 0 Å². The first kappa shape index (κ1) is 8.93. The lowest BCUT2D eigenvalue weighted by Gasteiger charge is -2.00. The topological polar surface area (TPSA) is 0 Å². The predicted octanol–water partition coefficient (Wildman–Crippen LogP) is 2.59. The minimum absolute atomic E-state index is 0.170. The van der Waals surface area contributed by atoms with Gasteiger partial charge in [-0.05, 0) is 18.4 Å². The Kier molecular flexibility index (Phi) is 6.76. The van der Waals surface area contributed by atoms with Crippen molar-refractivity contribution in [3.05, 3.63) is 0 Å². The number of alkyl halides is 2. The van der Waals surface area contributed by atoms with Crippen LogP contribution in [0.3, 0.4) is 0 Å². The molecular formula is C5H10Cl2S. The standard InChI is InChI=1S/C5H10Cl2S/c1-8-3-2-5(7)4-6/h5H,2-4H2,1H3. The molecule has 0 radical (unpaired) electrons. The second kappa shape index (κ2) is 6.06. The molecule has 0 heterocycles. The summed E-state index contributed by atoms with van der Waals surface area (Å²) in [4.78, 5) is 0. The molecule has 0 saturated carbocycles. The Bertz CT molecular complexity index is 49.7. The molecule has 0 aromatic carbocycles. The summed E-state index contributed by atoms with van der Waals surface area (Å²) in [6.07, 6.45) is 3.09. The van der Waals surface area contributed by atoms with Crippen molar-refractivity contribution < 1.29 is 0 Å². The number of hydrogen-bond donors (Lipinski definition) is 0. The van der Waals surface area contributed by atoms with Crippen LogP contribution in [0.2, 0.25) is 0 Å². The molecule has 0 fully saturated rings. The molecule has 1 unspecified atom stereocenters. The van der Waals surface area contributed by atoms with Gasteiger partial charge in [-0.15, -0.1) is 23.2 Å². The van der Waals surface area contributed by atoms with Crippen molar-refractivity contribution in [1.29, 1.82) is 0 Å². The summed E-state index contributed by atoms with van der Waals surface area (Å²) in [7, 11) is 0. The van der Waals surface area contributed by atoms with Crippen LogP contribution in [-0.4, -0.2) is 23.3 Å². The van der Waals surface area contributed by atoms with Gasteiger partial charge >= 0.3 is 0 Å². The van der Waals surface area contributed by atoms with Gasteiger partial charge in [0.15, 0.2) is 0 Å². The molecule has 0 bridgehead atoms. The summed E-state index contributed by atoms with van der Waals surface area (Å²) in [5, 5.41) is 0.170. The molecule has 0 nitrogen and oxygen atoms in total. The fourth-order valence-electron chi connectivity index (χ4n) is 0.323. The van der Waals surface area contributed by atoms with E-state index >= 15 is 0 Å². The van der Waals surface area contributed by atoms with Crippen molar-refractivity contribution >= 4 is 35.0 Å². The van der Waals surface area contributed by atoms with E-state index < -0.39 is 0 Å². The zero-order chi connectivity index (χ0) is 6.41. The van der Waals surface area contributed by atoms with Gasteiger partial charge in [-0.2, -0.15) is 11.8 Å². The first-order chi connectivity index (χ1) is 3.81. The van der Waals surface area contributed by atoms with Crippen molar-refractivity contribution in [3.63, 3.8) is 0 Å². The van der Waals surface area contributed by atoms with Crippen LogP contribution in [0.15, 0.2) is 0 Å². The van der Waals surface area contributed by atoms with Gasteiger partial charge in [0.2, 0.25) is 0 Å². The Morgan fingerprint density at radius 3 is 2.62 bits per heavy atom. The highest BCUT2D eigenvalue weighted by Crippen LogP contribution is 2.07. The summed E-state index contributed by atoms with van der Waals surface area (Å²) >= 11 is 12.9. The molecule has 0 aliphatic rings. The summed E-state index contributed by atoms with van der Waals surface area (Å²) < 4.78 is 0. The van der Waals surface area contributed by atoms with E-state index in [1.54, 1.807) is 11.8 Å². The molecule has 8 heavy (non-hydrogen) atoms. The Morgan fingerprint density at radius 2 is 2.25 bits per heavy atom. The van der Waals surface area contributed by atoms with Gasteiger partial charge < -0.3 is 0 Å². The monoisotopic (exact) mass is 172 g/mol. The van der Waals surface area contributed by atoms with Crippen LogP contribution < -0.4 is 0 Å². The maximum Gasteiger partial charge on any atom is 0.0479 e. The quantitative estimate of drug-likeness (QED) is 0.589. The minimum Gasteiger partial charge on any atom is -0.165 e. The van der Waals surface area contributed by atoms with Crippen molar-refractivity contribution in [1.82, 2.24) is 0 Å². The van der Waals surface area contributed by atoms with Gasteiger partial charge in [-0.3, -0.25) is 0 Å². The molecule has 0 aliphatic carbocycles. The van der Waals surface area contributed by atoms with Crippen LogP contribution in [0.4, 0.5) is 0 Å². The Morgan fingerprint density at radius 1 is 1.62 bits per heavy atom. The Hall–Kier alpha value is 0.930. The average Bonchev–Trinajstić information content (AvgIpc) is 1.83. The van der Waals surface area contributed by atoms with Crippen LogP contribution >= 0.6 is 35.0 Å². The number of rotatable bonds is 4. The summed E-state index contributed by atoms with van der Waals surface area (Å²) in [5.74, 6) is 1.68. The van der Waals surface area contributed by atoms with Crippen LogP contribution in [-0.2, 0) is 0 Å². The summed E-state index contributed by atoms with van der Waals surface area (Å²) in [6, 6.07) is 0. The molecule has 1 atom stereocenters. The second-order valence-electron chi connectivity index (χ2n) is 1.53. The van der Waals surface area contributed by atoms with Crippen LogP contribution in [0.25, 0.3) is 0 Å². The van der Waals surface area contributed by atoms with E-state index in [-0.39, 0.29) is 5.38 Å². The van der Waals surface area contributed by atoms with E-state index in [2.05, 4.69) is 6.26 Å². The molecule has 0 saturated heterocycles. The zero-order valence-corrected chi connectivity index (χ0v) is 7.19. The maximum atomic E-state index is 5.70. The molecule has 0 aromatic rings. The molecule has 0 aromatic heterocycles. The smallest absolute Gasteiger partial charge is 0.0479 e. The molecule has 0 amide bonds. The highest BCUT2D eigenvalue weighted by molar-refractivity contribution is 7.98. The Balaban J connectivity index is 2.86. The average molecular weight is 173 g/mol. The van der Waals surface area contributed by atoms with Gasteiger partial charge in [0, 0.05) is 11.3 Å². The summed E-state index contributed by atoms with van der Waals surface area (Å²) in [5.41, 5.74) is 0. The van der Waals surface area contributed by atoms with Crippen molar-refractivity contribution in [2.75, 3.05) is 17.9 Å². The number of hydrogen-bond acceptors (Lipinski definition) is 1. The third-order valence-electron chi connectivity index (χ3n) is 0.803. The van der Waals surface area contributed by atoms with Crippen LogP contribution in [0.5, 0.6) is 0 Å². The third-order valence-corrected chi connectivity index (χ3v) is 2.35. The first-order valence-corrected chi connectivity index (χ1v) is 4.86.